The maximum atomic E-state index is 8.50. The number of likely N-dealkylation sites (tertiary alicyclic amines) is 1. The molecular formula is C6H11N3. The lowest BCUT2D eigenvalue weighted by molar-refractivity contribution is 0.406. The Balaban J connectivity index is 2.50. The Bertz CT molecular complexity index is 138. The minimum atomic E-state index is 0.0509. The highest BCUT2D eigenvalue weighted by Gasteiger charge is 2.26. The van der Waals surface area contributed by atoms with Crippen molar-refractivity contribution in [2.75, 3.05) is 20.1 Å². The third kappa shape index (κ3) is 1.21. The fourth-order valence-corrected chi connectivity index (χ4v) is 1.17. The molecule has 0 saturated carbocycles. The van der Waals surface area contributed by atoms with E-state index in [1.165, 1.54) is 0 Å². The molecule has 0 amide bonds. The van der Waals surface area contributed by atoms with Crippen molar-refractivity contribution in [1.82, 2.24) is 4.90 Å². The number of nitrogens with zero attached hydrogens (tertiary/aromatic N) is 2. The summed E-state index contributed by atoms with van der Waals surface area (Å²) in [4.78, 5) is 2.08. The van der Waals surface area contributed by atoms with Gasteiger partial charge in [-0.05, 0) is 7.05 Å². The number of nitrogens with two attached hydrogens (primary N) is 1. The topological polar surface area (TPSA) is 53.0 Å². The third-order valence-electron chi connectivity index (χ3n) is 1.71. The molecule has 1 fully saturated rings. The van der Waals surface area contributed by atoms with Gasteiger partial charge in [-0.25, -0.2) is 0 Å². The molecule has 3 heteroatoms. The summed E-state index contributed by atoms with van der Waals surface area (Å²) in [5.41, 5.74) is 5.62. The molecule has 0 aliphatic carbocycles. The van der Waals surface area contributed by atoms with E-state index in [2.05, 4.69) is 11.0 Å². The van der Waals surface area contributed by atoms with Crippen molar-refractivity contribution in [3.63, 3.8) is 0 Å². The Hall–Kier alpha value is -0.590. The number of hydrogen-bond donors (Lipinski definition) is 1. The van der Waals surface area contributed by atoms with Crippen molar-refractivity contribution in [2.45, 2.75) is 6.04 Å². The summed E-state index contributed by atoms with van der Waals surface area (Å²) in [5.74, 6) is 0.0509. The van der Waals surface area contributed by atoms with Crippen molar-refractivity contribution in [1.29, 1.82) is 5.26 Å². The first-order valence-corrected chi connectivity index (χ1v) is 3.08. The Morgan fingerprint density at radius 2 is 2.33 bits per heavy atom. The van der Waals surface area contributed by atoms with Crippen LogP contribution in [0, 0.1) is 17.2 Å². The summed E-state index contributed by atoms with van der Waals surface area (Å²) in [6.07, 6.45) is 0. The normalized spacial score (nSPS) is 36.6. The van der Waals surface area contributed by atoms with Crippen LogP contribution in [0.2, 0.25) is 0 Å². The van der Waals surface area contributed by atoms with Crippen LogP contribution in [0.4, 0.5) is 0 Å². The van der Waals surface area contributed by atoms with Crippen molar-refractivity contribution in [3.05, 3.63) is 0 Å². The molecule has 0 bridgehead atoms. The first-order valence-electron chi connectivity index (χ1n) is 3.08. The van der Waals surface area contributed by atoms with Crippen molar-refractivity contribution in [2.24, 2.45) is 11.7 Å². The number of nitriles is 1. The minimum Gasteiger partial charge on any atom is -0.325 e. The van der Waals surface area contributed by atoms with Gasteiger partial charge in [0, 0.05) is 19.1 Å². The molecular weight excluding hydrogens is 114 g/mol. The van der Waals surface area contributed by atoms with Crippen LogP contribution in [0.5, 0.6) is 0 Å². The van der Waals surface area contributed by atoms with Crippen LogP contribution in [-0.4, -0.2) is 31.1 Å². The zero-order valence-corrected chi connectivity index (χ0v) is 5.54. The monoisotopic (exact) mass is 125 g/mol. The van der Waals surface area contributed by atoms with Gasteiger partial charge in [-0.1, -0.05) is 0 Å². The summed E-state index contributed by atoms with van der Waals surface area (Å²) in [5, 5.41) is 8.50. The molecule has 1 rings (SSSR count). The molecule has 9 heavy (non-hydrogen) atoms. The molecule has 0 spiro atoms. The van der Waals surface area contributed by atoms with E-state index in [-0.39, 0.29) is 12.0 Å². The molecule has 1 saturated heterocycles. The van der Waals surface area contributed by atoms with E-state index >= 15 is 0 Å². The highest BCUT2D eigenvalue weighted by Crippen LogP contribution is 2.11. The van der Waals surface area contributed by atoms with Crippen molar-refractivity contribution >= 4 is 0 Å². The van der Waals surface area contributed by atoms with Gasteiger partial charge >= 0.3 is 0 Å². The number of hydrogen-bond acceptors (Lipinski definition) is 3. The fraction of sp³-hybridized carbons (Fsp3) is 0.833. The van der Waals surface area contributed by atoms with E-state index in [1.807, 2.05) is 7.05 Å². The summed E-state index contributed by atoms with van der Waals surface area (Å²) in [6.45, 7) is 1.69. The van der Waals surface area contributed by atoms with Crippen LogP contribution in [0.15, 0.2) is 0 Å². The zero-order chi connectivity index (χ0) is 6.85. The highest BCUT2D eigenvalue weighted by molar-refractivity contribution is 4.97. The molecule has 1 aliphatic heterocycles. The summed E-state index contributed by atoms with van der Waals surface area (Å²) in [6, 6.07) is 2.25. The predicted molar refractivity (Wildman–Crippen MR) is 34.6 cm³/mol. The van der Waals surface area contributed by atoms with Crippen LogP contribution in [0.25, 0.3) is 0 Å². The average molecular weight is 125 g/mol. The van der Waals surface area contributed by atoms with Crippen LogP contribution in [0.3, 0.4) is 0 Å². The largest absolute Gasteiger partial charge is 0.325 e. The summed E-state index contributed by atoms with van der Waals surface area (Å²) in [7, 11) is 1.98. The third-order valence-corrected chi connectivity index (χ3v) is 1.71. The molecule has 50 valence electrons. The van der Waals surface area contributed by atoms with Gasteiger partial charge in [0.05, 0.1) is 12.0 Å². The highest BCUT2D eigenvalue weighted by atomic mass is 15.1. The van der Waals surface area contributed by atoms with Gasteiger partial charge in [0.2, 0.25) is 0 Å². The first kappa shape index (κ1) is 6.53. The second kappa shape index (κ2) is 2.34. The quantitative estimate of drug-likeness (QED) is 0.470. The molecule has 1 aliphatic rings. The van der Waals surface area contributed by atoms with E-state index < -0.39 is 0 Å². The van der Waals surface area contributed by atoms with Crippen LogP contribution in [0.1, 0.15) is 0 Å². The van der Waals surface area contributed by atoms with E-state index in [1.54, 1.807) is 0 Å². The molecule has 0 aromatic heterocycles. The predicted octanol–water partition coefficient (Wildman–Crippen LogP) is -0.601. The Morgan fingerprint density at radius 1 is 1.67 bits per heavy atom. The molecule has 0 aromatic rings. The Morgan fingerprint density at radius 3 is 2.56 bits per heavy atom. The lowest BCUT2D eigenvalue weighted by Crippen LogP contribution is -2.28. The Kier molecular flexibility index (Phi) is 1.70. The van der Waals surface area contributed by atoms with Gasteiger partial charge < -0.3 is 10.6 Å². The van der Waals surface area contributed by atoms with Crippen LogP contribution >= 0.6 is 0 Å². The molecule has 0 unspecified atom stereocenters. The maximum absolute atomic E-state index is 8.50. The number of likely N-dealkylation sites (N-methyl/N-ethyl adjacent to an activating group) is 1. The van der Waals surface area contributed by atoms with Crippen molar-refractivity contribution in [3.8, 4) is 6.07 Å². The van der Waals surface area contributed by atoms with Crippen LogP contribution < -0.4 is 5.73 Å². The second-order valence-corrected chi connectivity index (χ2v) is 2.62. The Labute approximate surface area is 55.1 Å². The average Bonchev–Trinajstić information content (AvgIpc) is 2.10. The molecule has 3 nitrogen and oxygen atoms in total. The molecule has 0 radical (unpaired) electrons. The molecule has 2 atom stereocenters. The molecule has 1 heterocycles. The summed E-state index contributed by atoms with van der Waals surface area (Å²) >= 11 is 0. The van der Waals surface area contributed by atoms with E-state index in [9.17, 15) is 0 Å². The maximum Gasteiger partial charge on any atom is 0.0753 e. The number of rotatable bonds is 0. The zero-order valence-electron chi connectivity index (χ0n) is 5.54. The van der Waals surface area contributed by atoms with E-state index in [4.69, 9.17) is 11.0 Å². The molecule has 0 aromatic carbocycles. The van der Waals surface area contributed by atoms with E-state index in [0.29, 0.717) is 0 Å². The van der Waals surface area contributed by atoms with Crippen molar-refractivity contribution < 1.29 is 0 Å². The second-order valence-electron chi connectivity index (χ2n) is 2.62. The van der Waals surface area contributed by atoms with Gasteiger partial charge in [0.15, 0.2) is 0 Å². The van der Waals surface area contributed by atoms with Gasteiger partial charge in [-0.3, -0.25) is 0 Å². The summed E-state index contributed by atoms with van der Waals surface area (Å²) < 4.78 is 0. The first-order chi connectivity index (χ1) is 4.24. The van der Waals surface area contributed by atoms with Gasteiger partial charge in [0.1, 0.15) is 0 Å². The standard InChI is InChI=1S/C6H11N3/c1-9-3-5(2-7)6(8)4-9/h5-6H,3-4,8H2,1H3/t5-,6-/m0/s1. The minimum absolute atomic E-state index is 0.0509. The smallest absolute Gasteiger partial charge is 0.0753 e. The SMILES string of the molecule is CN1C[C@H](N)[C@@H](C#N)C1. The molecule has 2 N–H and O–H groups in total. The van der Waals surface area contributed by atoms with Crippen LogP contribution in [-0.2, 0) is 0 Å². The lowest BCUT2D eigenvalue weighted by Gasteiger charge is -2.02. The van der Waals surface area contributed by atoms with Gasteiger partial charge in [-0.15, -0.1) is 0 Å². The van der Waals surface area contributed by atoms with Gasteiger partial charge in [0.25, 0.3) is 0 Å². The van der Waals surface area contributed by atoms with Gasteiger partial charge in [-0.2, -0.15) is 5.26 Å². The van der Waals surface area contributed by atoms with E-state index in [0.717, 1.165) is 13.1 Å². The lowest BCUT2D eigenvalue weighted by atomic mass is 10.1. The fourth-order valence-electron chi connectivity index (χ4n) is 1.17.